The molecule has 2 aromatic rings. The first kappa shape index (κ1) is 12.5. The van der Waals surface area contributed by atoms with Crippen LogP contribution in [-0.2, 0) is 11.8 Å². The van der Waals surface area contributed by atoms with E-state index in [9.17, 15) is 9.90 Å². The number of nitrogens with zero attached hydrogens (tertiary/aromatic N) is 2. The van der Waals surface area contributed by atoms with Crippen LogP contribution in [0.25, 0.3) is 0 Å². The minimum atomic E-state index is -1.14. The van der Waals surface area contributed by atoms with E-state index in [0.717, 1.165) is 10.1 Å². The van der Waals surface area contributed by atoms with E-state index in [1.807, 2.05) is 17.8 Å². The largest absolute Gasteiger partial charge is 0.378 e. The molecule has 5 nitrogen and oxygen atoms in total. The molecule has 1 aliphatic heterocycles. The summed E-state index contributed by atoms with van der Waals surface area (Å²) in [6.07, 6.45) is 2.41. The van der Waals surface area contributed by atoms with E-state index < -0.39 is 12.0 Å². The van der Waals surface area contributed by atoms with Crippen molar-refractivity contribution in [3.05, 3.63) is 35.1 Å². The standard InChI is InChI=1S/C12H10ClN3O2S/c1-16-3-2-14-12(16)19-9-5-8-6(4-7(9)13)10(17)11(18)15-8/h2-5,10,17H,1H3,(H,15,18). The van der Waals surface area contributed by atoms with Crippen LogP contribution in [-0.4, -0.2) is 20.6 Å². The third kappa shape index (κ3) is 2.11. The van der Waals surface area contributed by atoms with Crippen LogP contribution in [0.3, 0.4) is 0 Å². The average Bonchev–Trinajstić information content (AvgIpc) is 2.88. The SMILES string of the molecule is Cn1ccnc1Sc1cc2c(cc1Cl)C(O)C(=O)N2. The summed E-state index contributed by atoms with van der Waals surface area (Å²) in [6.45, 7) is 0. The molecule has 0 fully saturated rings. The number of aliphatic hydroxyl groups is 1. The molecule has 2 heterocycles. The van der Waals surface area contributed by atoms with Crippen molar-refractivity contribution in [2.75, 3.05) is 5.32 Å². The third-order valence-electron chi connectivity index (χ3n) is 2.88. The molecule has 1 atom stereocenters. The van der Waals surface area contributed by atoms with Gasteiger partial charge in [-0.2, -0.15) is 0 Å². The first-order valence-electron chi connectivity index (χ1n) is 5.54. The molecule has 3 rings (SSSR count). The number of aryl methyl sites for hydroxylation is 1. The molecular weight excluding hydrogens is 286 g/mol. The molecule has 0 radical (unpaired) electrons. The van der Waals surface area contributed by atoms with Gasteiger partial charge >= 0.3 is 0 Å². The number of fused-ring (bicyclic) bond motifs is 1. The molecule has 0 aliphatic carbocycles. The summed E-state index contributed by atoms with van der Waals surface area (Å²) < 4.78 is 1.88. The minimum absolute atomic E-state index is 0.426. The summed E-state index contributed by atoms with van der Waals surface area (Å²) in [4.78, 5) is 16.4. The van der Waals surface area contributed by atoms with Crippen molar-refractivity contribution in [1.82, 2.24) is 9.55 Å². The fraction of sp³-hybridized carbons (Fsp3) is 0.167. The summed E-state index contributed by atoms with van der Waals surface area (Å²) in [5.74, 6) is -0.426. The van der Waals surface area contributed by atoms with Gasteiger partial charge in [0.25, 0.3) is 5.91 Å². The number of imidazole rings is 1. The van der Waals surface area contributed by atoms with Crippen LogP contribution < -0.4 is 5.32 Å². The van der Waals surface area contributed by atoms with Crippen molar-refractivity contribution in [2.24, 2.45) is 7.05 Å². The summed E-state index contributed by atoms with van der Waals surface area (Å²) >= 11 is 7.59. The van der Waals surface area contributed by atoms with E-state index in [0.29, 0.717) is 16.3 Å². The van der Waals surface area contributed by atoms with Gasteiger partial charge in [0.2, 0.25) is 0 Å². The number of nitrogens with one attached hydrogen (secondary N) is 1. The highest BCUT2D eigenvalue weighted by Gasteiger charge is 2.29. The van der Waals surface area contributed by atoms with E-state index in [1.54, 1.807) is 18.3 Å². The zero-order chi connectivity index (χ0) is 13.6. The molecule has 98 valence electrons. The molecular formula is C12H10ClN3O2S. The number of halogens is 1. The maximum Gasteiger partial charge on any atom is 0.257 e. The Morgan fingerprint density at radius 1 is 1.53 bits per heavy atom. The number of hydrogen-bond acceptors (Lipinski definition) is 4. The minimum Gasteiger partial charge on any atom is -0.378 e. The fourth-order valence-corrected chi connectivity index (χ4v) is 3.01. The van der Waals surface area contributed by atoms with Gasteiger partial charge < -0.3 is 15.0 Å². The smallest absolute Gasteiger partial charge is 0.257 e. The second kappa shape index (κ2) is 4.56. The molecule has 0 spiro atoms. The number of aromatic nitrogens is 2. The van der Waals surface area contributed by atoms with Crippen molar-refractivity contribution in [1.29, 1.82) is 0 Å². The normalized spacial score (nSPS) is 17.4. The number of carbonyl (C=O) groups is 1. The van der Waals surface area contributed by atoms with Crippen molar-refractivity contribution in [2.45, 2.75) is 16.2 Å². The second-order valence-corrected chi connectivity index (χ2v) is 5.60. The van der Waals surface area contributed by atoms with E-state index in [-0.39, 0.29) is 0 Å². The monoisotopic (exact) mass is 295 g/mol. The lowest BCUT2D eigenvalue weighted by Gasteiger charge is -2.07. The van der Waals surface area contributed by atoms with Crippen LogP contribution in [0.5, 0.6) is 0 Å². The second-order valence-electron chi connectivity index (χ2n) is 4.18. The van der Waals surface area contributed by atoms with Crippen LogP contribution in [0.4, 0.5) is 5.69 Å². The molecule has 19 heavy (non-hydrogen) atoms. The van der Waals surface area contributed by atoms with Gasteiger partial charge in [-0.15, -0.1) is 0 Å². The van der Waals surface area contributed by atoms with Crippen LogP contribution in [0, 0.1) is 0 Å². The number of aliphatic hydroxyl groups excluding tert-OH is 1. The number of anilines is 1. The summed E-state index contributed by atoms with van der Waals surface area (Å²) in [6, 6.07) is 3.37. The molecule has 7 heteroatoms. The number of benzene rings is 1. The third-order valence-corrected chi connectivity index (χ3v) is 4.44. The van der Waals surface area contributed by atoms with Crippen LogP contribution >= 0.6 is 23.4 Å². The Morgan fingerprint density at radius 3 is 3.00 bits per heavy atom. The summed E-state index contributed by atoms with van der Waals surface area (Å²) in [7, 11) is 1.89. The molecule has 1 amide bonds. The first-order valence-corrected chi connectivity index (χ1v) is 6.73. The molecule has 1 unspecified atom stereocenters. The quantitative estimate of drug-likeness (QED) is 0.891. The van der Waals surface area contributed by atoms with Crippen molar-refractivity contribution >= 4 is 35.0 Å². The predicted octanol–water partition coefficient (Wildman–Crippen LogP) is 2.21. The molecule has 1 aromatic carbocycles. The van der Waals surface area contributed by atoms with Gasteiger partial charge in [-0.25, -0.2) is 4.98 Å². The Morgan fingerprint density at radius 2 is 2.32 bits per heavy atom. The lowest BCUT2D eigenvalue weighted by molar-refractivity contribution is -0.123. The first-order chi connectivity index (χ1) is 9.06. The average molecular weight is 296 g/mol. The lowest BCUT2D eigenvalue weighted by atomic mass is 10.1. The lowest BCUT2D eigenvalue weighted by Crippen LogP contribution is -2.10. The Hall–Kier alpha value is -1.50. The topological polar surface area (TPSA) is 67.1 Å². The summed E-state index contributed by atoms with van der Waals surface area (Å²) in [5.41, 5.74) is 1.11. The highest BCUT2D eigenvalue weighted by molar-refractivity contribution is 7.99. The van der Waals surface area contributed by atoms with Crippen LogP contribution in [0.2, 0.25) is 5.02 Å². The van der Waals surface area contributed by atoms with E-state index >= 15 is 0 Å². The van der Waals surface area contributed by atoms with E-state index in [2.05, 4.69) is 10.3 Å². The molecule has 2 N–H and O–H groups in total. The summed E-state index contributed by atoms with van der Waals surface area (Å²) in [5, 5.41) is 13.6. The van der Waals surface area contributed by atoms with Gasteiger partial charge in [0.1, 0.15) is 0 Å². The Labute approximate surface area is 118 Å². The molecule has 0 bridgehead atoms. The molecule has 0 saturated heterocycles. The van der Waals surface area contributed by atoms with Crippen molar-refractivity contribution in [3.8, 4) is 0 Å². The Balaban J connectivity index is 1.99. The Bertz CT molecular complexity index is 671. The predicted molar refractivity (Wildman–Crippen MR) is 72.4 cm³/mol. The highest BCUT2D eigenvalue weighted by Crippen LogP contribution is 2.40. The number of amides is 1. The zero-order valence-corrected chi connectivity index (χ0v) is 11.5. The van der Waals surface area contributed by atoms with Crippen LogP contribution in [0.15, 0.2) is 34.6 Å². The van der Waals surface area contributed by atoms with E-state index in [4.69, 9.17) is 11.6 Å². The molecule has 1 aliphatic rings. The maximum absolute atomic E-state index is 11.4. The highest BCUT2D eigenvalue weighted by atomic mass is 35.5. The van der Waals surface area contributed by atoms with Gasteiger partial charge in [0.15, 0.2) is 11.3 Å². The number of hydrogen-bond donors (Lipinski definition) is 2. The maximum atomic E-state index is 11.4. The molecule has 1 aromatic heterocycles. The number of carbonyl (C=O) groups excluding carboxylic acids is 1. The fourth-order valence-electron chi connectivity index (χ4n) is 1.87. The van der Waals surface area contributed by atoms with E-state index in [1.165, 1.54) is 11.8 Å². The zero-order valence-electron chi connectivity index (χ0n) is 9.92. The number of rotatable bonds is 2. The molecule has 0 saturated carbocycles. The van der Waals surface area contributed by atoms with Gasteiger partial charge in [-0.1, -0.05) is 23.4 Å². The van der Waals surface area contributed by atoms with Gasteiger partial charge in [-0.05, 0) is 12.1 Å². The van der Waals surface area contributed by atoms with Crippen LogP contribution in [0.1, 0.15) is 11.7 Å². The van der Waals surface area contributed by atoms with Gasteiger partial charge in [-0.3, -0.25) is 4.79 Å². The Kier molecular flexibility index (Phi) is 3.00. The van der Waals surface area contributed by atoms with Gasteiger partial charge in [0.05, 0.1) is 5.02 Å². The van der Waals surface area contributed by atoms with Crippen molar-refractivity contribution in [3.63, 3.8) is 0 Å². The van der Waals surface area contributed by atoms with Crippen molar-refractivity contribution < 1.29 is 9.90 Å². The van der Waals surface area contributed by atoms with Gasteiger partial charge in [0, 0.05) is 35.6 Å².